The Balaban J connectivity index is 2.22. The van der Waals surface area contributed by atoms with Crippen molar-refractivity contribution in [2.24, 2.45) is 5.73 Å². The molecule has 0 saturated heterocycles. The predicted molar refractivity (Wildman–Crippen MR) is 60.6 cm³/mol. The zero-order valence-corrected chi connectivity index (χ0v) is 9.30. The fourth-order valence-corrected chi connectivity index (χ4v) is 2.63. The number of nitrogens with two attached hydrogens (primary N) is 1. The van der Waals surface area contributed by atoms with Crippen molar-refractivity contribution in [3.05, 3.63) is 34.6 Å². The molecule has 1 aromatic rings. The highest BCUT2D eigenvalue weighted by molar-refractivity contribution is 6.31. The van der Waals surface area contributed by atoms with Gasteiger partial charge in [0.2, 0.25) is 0 Å². The second kappa shape index (κ2) is 4.50. The lowest BCUT2D eigenvalue weighted by atomic mass is 9.82. The van der Waals surface area contributed by atoms with Gasteiger partial charge in [-0.05, 0) is 43.7 Å². The summed E-state index contributed by atoms with van der Waals surface area (Å²) in [5.41, 5.74) is 6.51. The predicted octanol–water partition coefficient (Wildman–Crippen LogP) is 3.46. The van der Waals surface area contributed by atoms with Crippen LogP contribution in [0.1, 0.15) is 37.2 Å². The van der Waals surface area contributed by atoms with Crippen LogP contribution in [0.2, 0.25) is 5.02 Å². The van der Waals surface area contributed by atoms with Gasteiger partial charge in [-0.2, -0.15) is 0 Å². The first-order valence-corrected chi connectivity index (χ1v) is 5.75. The standard InChI is InChI=1S/C12H15ClFN/c13-10-2-1-3-11(14)12(10)8-4-6-9(15)7-5-8/h1-3,8-9H,4-7,15H2. The molecular weight excluding hydrogens is 213 g/mol. The average molecular weight is 228 g/mol. The fraction of sp³-hybridized carbons (Fsp3) is 0.500. The van der Waals surface area contributed by atoms with Gasteiger partial charge in [0.15, 0.2) is 0 Å². The minimum absolute atomic E-state index is 0.178. The monoisotopic (exact) mass is 227 g/mol. The Morgan fingerprint density at radius 2 is 1.87 bits per heavy atom. The number of benzene rings is 1. The van der Waals surface area contributed by atoms with Crippen molar-refractivity contribution in [1.82, 2.24) is 0 Å². The highest BCUT2D eigenvalue weighted by Crippen LogP contribution is 2.37. The van der Waals surface area contributed by atoms with Crippen LogP contribution >= 0.6 is 11.6 Å². The lowest BCUT2D eigenvalue weighted by Gasteiger charge is -2.27. The van der Waals surface area contributed by atoms with Gasteiger partial charge in [0.25, 0.3) is 0 Å². The van der Waals surface area contributed by atoms with Crippen LogP contribution in [0, 0.1) is 5.82 Å². The molecule has 0 aromatic heterocycles. The molecule has 0 spiro atoms. The molecule has 2 rings (SSSR count). The number of halogens is 2. The number of hydrogen-bond acceptors (Lipinski definition) is 1. The molecule has 1 nitrogen and oxygen atoms in total. The summed E-state index contributed by atoms with van der Waals surface area (Å²) in [6, 6.07) is 5.17. The van der Waals surface area contributed by atoms with E-state index < -0.39 is 0 Å². The van der Waals surface area contributed by atoms with Gasteiger partial charge in [-0.1, -0.05) is 17.7 Å². The summed E-state index contributed by atoms with van der Waals surface area (Å²) in [7, 11) is 0. The van der Waals surface area contributed by atoms with Crippen LogP contribution in [0.5, 0.6) is 0 Å². The van der Waals surface area contributed by atoms with Crippen LogP contribution in [-0.2, 0) is 0 Å². The molecule has 2 N–H and O–H groups in total. The summed E-state index contributed by atoms with van der Waals surface area (Å²) < 4.78 is 13.6. The molecule has 82 valence electrons. The van der Waals surface area contributed by atoms with Gasteiger partial charge in [0.05, 0.1) is 0 Å². The van der Waals surface area contributed by atoms with Crippen molar-refractivity contribution >= 4 is 11.6 Å². The van der Waals surface area contributed by atoms with Gasteiger partial charge in [0.1, 0.15) is 5.82 Å². The Hall–Kier alpha value is -0.600. The Kier molecular flexibility index (Phi) is 3.27. The first-order chi connectivity index (χ1) is 7.18. The second-order valence-electron chi connectivity index (χ2n) is 4.25. The molecule has 0 unspecified atom stereocenters. The van der Waals surface area contributed by atoms with Crippen molar-refractivity contribution in [3.8, 4) is 0 Å². The first-order valence-electron chi connectivity index (χ1n) is 5.38. The molecule has 0 radical (unpaired) electrons. The molecule has 15 heavy (non-hydrogen) atoms. The SMILES string of the molecule is NC1CCC(c2c(F)cccc2Cl)CC1. The average Bonchev–Trinajstić information content (AvgIpc) is 2.20. The highest BCUT2D eigenvalue weighted by Gasteiger charge is 2.24. The Morgan fingerprint density at radius 3 is 2.47 bits per heavy atom. The van der Waals surface area contributed by atoms with E-state index in [0.717, 1.165) is 25.7 Å². The van der Waals surface area contributed by atoms with Gasteiger partial charge in [-0.3, -0.25) is 0 Å². The molecule has 3 heteroatoms. The van der Waals surface area contributed by atoms with E-state index in [1.165, 1.54) is 6.07 Å². The van der Waals surface area contributed by atoms with E-state index in [1.54, 1.807) is 12.1 Å². The summed E-state index contributed by atoms with van der Waals surface area (Å²) >= 11 is 6.03. The molecule has 0 amide bonds. The van der Waals surface area contributed by atoms with E-state index in [1.807, 2.05) is 0 Å². The third-order valence-corrected chi connectivity index (χ3v) is 3.51. The maximum absolute atomic E-state index is 13.6. The highest BCUT2D eigenvalue weighted by atomic mass is 35.5. The molecule has 0 bridgehead atoms. The van der Waals surface area contributed by atoms with Crippen molar-refractivity contribution in [2.75, 3.05) is 0 Å². The smallest absolute Gasteiger partial charge is 0.128 e. The van der Waals surface area contributed by atoms with Crippen LogP contribution in [0.15, 0.2) is 18.2 Å². The van der Waals surface area contributed by atoms with Crippen LogP contribution in [-0.4, -0.2) is 6.04 Å². The van der Waals surface area contributed by atoms with E-state index in [0.29, 0.717) is 10.6 Å². The topological polar surface area (TPSA) is 26.0 Å². The zero-order chi connectivity index (χ0) is 10.8. The van der Waals surface area contributed by atoms with Crippen molar-refractivity contribution in [1.29, 1.82) is 0 Å². The second-order valence-corrected chi connectivity index (χ2v) is 4.65. The molecule has 1 aromatic carbocycles. The molecular formula is C12H15ClFN. The van der Waals surface area contributed by atoms with Gasteiger partial charge in [-0.15, -0.1) is 0 Å². The Labute approximate surface area is 94.4 Å². The summed E-state index contributed by atoms with van der Waals surface area (Å²) in [6.07, 6.45) is 3.83. The zero-order valence-electron chi connectivity index (χ0n) is 8.55. The minimum atomic E-state index is -0.178. The quantitative estimate of drug-likeness (QED) is 0.781. The van der Waals surface area contributed by atoms with E-state index in [2.05, 4.69) is 0 Å². The largest absolute Gasteiger partial charge is 0.328 e. The summed E-state index contributed by atoms with van der Waals surface area (Å²) in [4.78, 5) is 0. The normalized spacial score (nSPS) is 26.6. The van der Waals surface area contributed by atoms with Crippen LogP contribution in [0.3, 0.4) is 0 Å². The summed E-state index contributed by atoms with van der Waals surface area (Å²) in [5.74, 6) is 0.0708. The van der Waals surface area contributed by atoms with Crippen molar-refractivity contribution in [2.45, 2.75) is 37.6 Å². The third kappa shape index (κ3) is 2.32. The minimum Gasteiger partial charge on any atom is -0.328 e. The van der Waals surface area contributed by atoms with Crippen molar-refractivity contribution < 1.29 is 4.39 Å². The van der Waals surface area contributed by atoms with Gasteiger partial charge in [0, 0.05) is 16.6 Å². The van der Waals surface area contributed by atoms with Crippen LogP contribution < -0.4 is 5.73 Å². The molecule has 0 heterocycles. The third-order valence-electron chi connectivity index (χ3n) is 3.18. The lowest BCUT2D eigenvalue weighted by Crippen LogP contribution is -2.26. The number of hydrogen-bond donors (Lipinski definition) is 1. The van der Waals surface area contributed by atoms with E-state index >= 15 is 0 Å². The van der Waals surface area contributed by atoms with Crippen LogP contribution in [0.4, 0.5) is 4.39 Å². The van der Waals surface area contributed by atoms with E-state index in [-0.39, 0.29) is 17.8 Å². The summed E-state index contributed by atoms with van der Waals surface area (Å²) in [5, 5.41) is 0.551. The van der Waals surface area contributed by atoms with Crippen molar-refractivity contribution in [3.63, 3.8) is 0 Å². The lowest BCUT2D eigenvalue weighted by molar-refractivity contribution is 0.387. The molecule has 1 aliphatic carbocycles. The maximum atomic E-state index is 13.6. The first kappa shape index (κ1) is 10.9. The van der Waals surface area contributed by atoms with E-state index in [9.17, 15) is 4.39 Å². The molecule has 1 fully saturated rings. The molecule has 1 saturated carbocycles. The maximum Gasteiger partial charge on any atom is 0.128 e. The molecule has 0 aliphatic heterocycles. The van der Waals surface area contributed by atoms with Gasteiger partial charge < -0.3 is 5.73 Å². The molecule has 1 aliphatic rings. The Morgan fingerprint density at radius 1 is 1.20 bits per heavy atom. The summed E-state index contributed by atoms with van der Waals surface area (Å²) in [6.45, 7) is 0. The molecule has 0 atom stereocenters. The fourth-order valence-electron chi connectivity index (χ4n) is 2.31. The van der Waals surface area contributed by atoms with Gasteiger partial charge >= 0.3 is 0 Å². The van der Waals surface area contributed by atoms with Crippen LogP contribution in [0.25, 0.3) is 0 Å². The van der Waals surface area contributed by atoms with E-state index in [4.69, 9.17) is 17.3 Å². The van der Waals surface area contributed by atoms with Gasteiger partial charge in [-0.25, -0.2) is 4.39 Å². The Bertz CT molecular complexity index is 325. The number of rotatable bonds is 1.